The lowest BCUT2D eigenvalue weighted by molar-refractivity contribution is -0.139. The lowest BCUT2D eigenvalue weighted by atomic mass is 10.1. The molecule has 172 valence electrons. The number of carbonyl (C=O) groups excluding carboxylic acids is 2. The fourth-order valence-corrected chi connectivity index (χ4v) is 5.33. The summed E-state index contributed by atoms with van der Waals surface area (Å²) in [6.45, 7) is 4.46. The Kier molecular flexibility index (Phi) is 9.49. The smallest absolute Gasteiger partial charge is 0.243 e. The van der Waals surface area contributed by atoms with E-state index in [2.05, 4.69) is 11.4 Å². The molecular formula is C26H33ClN2O2S. The van der Waals surface area contributed by atoms with Crippen LogP contribution < -0.4 is 5.32 Å². The van der Waals surface area contributed by atoms with E-state index in [1.807, 2.05) is 56.3 Å². The van der Waals surface area contributed by atoms with Gasteiger partial charge in [0.1, 0.15) is 6.04 Å². The van der Waals surface area contributed by atoms with E-state index in [-0.39, 0.29) is 17.9 Å². The van der Waals surface area contributed by atoms with E-state index in [9.17, 15) is 9.59 Å². The molecule has 0 saturated heterocycles. The van der Waals surface area contributed by atoms with E-state index in [4.69, 9.17) is 11.6 Å². The molecular weight excluding hydrogens is 440 g/mol. The van der Waals surface area contributed by atoms with Gasteiger partial charge in [0.05, 0.1) is 5.75 Å². The van der Waals surface area contributed by atoms with Crippen molar-refractivity contribution in [2.24, 2.45) is 0 Å². The average molecular weight is 473 g/mol. The van der Waals surface area contributed by atoms with Gasteiger partial charge in [-0.15, -0.1) is 11.8 Å². The van der Waals surface area contributed by atoms with Crippen LogP contribution in [0, 0.1) is 6.92 Å². The standard InChI is InChI=1S/C26H33ClN2O2S/c1-3-24(26(31)28-23-12-4-5-13-23)29(16-20-9-6-8-19(2)14-20)25(30)18-32-17-21-10-7-11-22(27)15-21/h6-11,14-15,23-24H,3-5,12-13,16-18H2,1-2H3,(H,28,31)/t24-/m0/s1. The Balaban J connectivity index is 1.70. The Morgan fingerprint density at radius 1 is 1.12 bits per heavy atom. The Bertz CT molecular complexity index is 914. The number of hydrogen-bond donors (Lipinski definition) is 1. The van der Waals surface area contributed by atoms with Crippen LogP contribution in [-0.4, -0.2) is 34.6 Å². The normalized spacial score (nSPS) is 14.8. The van der Waals surface area contributed by atoms with E-state index in [0.29, 0.717) is 29.5 Å². The molecule has 1 aliphatic carbocycles. The summed E-state index contributed by atoms with van der Waals surface area (Å²) in [4.78, 5) is 28.2. The van der Waals surface area contributed by atoms with E-state index in [1.165, 1.54) is 0 Å². The number of aryl methyl sites for hydroxylation is 1. The maximum absolute atomic E-state index is 13.3. The third-order valence-electron chi connectivity index (χ3n) is 5.91. The molecule has 0 heterocycles. The largest absolute Gasteiger partial charge is 0.352 e. The van der Waals surface area contributed by atoms with Crippen molar-refractivity contribution in [3.8, 4) is 0 Å². The molecule has 0 spiro atoms. The molecule has 32 heavy (non-hydrogen) atoms. The van der Waals surface area contributed by atoms with Crippen LogP contribution in [-0.2, 0) is 21.9 Å². The Hall–Kier alpha value is -1.98. The summed E-state index contributed by atoms with van der Waals surface area (Å²) < 4.78 is 0. The van der Waals surface area contributed by atoms with Crippen molar-refractivity contribution in [3.63, 3.8) is 0 Å². The third kappa shape index (κ3) is 7.28. The molecule has 1 N–H and O–H groups in total. The first kappa shape index (κ1) is 24.7. The van der Waals surface area contributed by atoms with Gasteiger partial charge >= 0.3 is 0 Å². The van der Waals surface area contributed by atoms with Crippen molar-refractivity contribution in [1.82, 2.24) is 10.2 Å². The van der Waals surface area contributed by atoms with Gasteiger partial charge in [0.15, 0.2) is 0 Å². The van der Waals surface area contributed by atoms with Crippen LogP contribution in [0.5, 0.6) is 0 Å². The van der Waals surface area contributed by atoms with Crippen LogP contribution in [0.4, 0.5) is 0 Å². The molecule has 4 nitrogen and oxygen atoms in total. The van der Waals surface area contributed by atoms with Crippen LogP contribution in [0.15, 0.2) is 48.5 Å². The number of carbonyl (C=O) groups is 2. The molecule has 0 aliphatic heterocycles. The van der Waals surface area contributed by atoms with Crippen LogP contribution in [0.25, 0.3) is 0 Å². The van der Waals surface area contributed by atoms with Crippen LogP contribution in [0.1, 0.15) is 55.7 Å². The lowest BCUT2D eigenvalue weighted by Gasteiger charge is -2.31. The van der Waals surface area contributed by atoms with Gasteiger partial charge in [-0.3, -0.25) is 9.59 Å². The molecule has 6 heteroatoms. The molecule has 2 aromatic carbocycles. The molecule has 0 unspecified atom stereocenters. The quantitative estimate of drug-likeness (QED) is 0.479. The summed E-state index contributed by atoms with van der Waals surface area (Å²) in [6.07, 6.45) is 4.98. The Labute approximate surface area is 201 Å². The minimum absolute atomic E-state index is 0.00745. The number of halogens is 1. The van der Waals surface area contributed by atoms with Gasteiger partial charge in [-0.25, -0.2) is 0 Å². The molecule has 0 bridgehead atoms. The number of nitrogens with zero attached hydrogens (tertiary/aromatic N) is 1. The summed E-state index contributed by atoms with van der Waals surface area (Å²) in [7, 11) is 0. The van der Waals surface area contributed by atoms with Gasteiger partial charge in [0.25, 0.3) is 0 Å². The third-order valence-corrected chi connectivity index (χ3v) is 7.13. The van der Waals surface area contributed by atoms with E-state index in [1.54, 1.807) is 16.7 Å². The highest BCUT2D eigenvalue weighted by atomic mass is 35.5. The Morgan fingerprint density at radius 3 is 2.53 bits per heavy atom. The van der Waals surface area contributed by atoms with Gasteiger partial charge < -0.3 is 10.2 Å². The summed E-state index contributed by atoms with van der Waals surface area (Å²) in [6, 6.07) is 15.6. The molecule has 3 rings (SSSR count). The minimum atomic E-state index is -0.463. The number of benzene rings is 2. The molecule has 1 atom stereocenters. The maximum atomic E-state index is 13.3. The first-order valence-electron chi connectivity index (χ1n) is 11.4. The van der Waals surface area contributed by atoms with E-state index < -0.39 is 6.04 Å². The van der Waals surface area contributed by atoms with E-state index >= 15 is 0 Å². The van der Waals surface area contributed by atoms with Crippen molar-refractivity contribution < 1.29 is 9.59 Å². The van der Waals surface area contributed by atoms with Gasteiger partial charge in [-0.2, -0.15) is 0 Å². The minimum Gasteiger partial charge on any atom is -0.352 e. The zero-order valence-electron chi connectivity index (χ0n) is 19.0. The molecule has 0 radical (unpaired) electrons. The summed E-state index contributed by atoms with van der Waals surface area (Å²) in [5, 5.41) is 3.90. The number of rotatable bonds is 10. The first-order valence-corrected chi connectivity index (χ1v) is 13.0. The van der Waals surface area contributed by atoms with Crippen LogP contribution in [0.3, 0.4) is 0 Å². The number of thioether (sulfide) groups is 1. The highest BCUT2D eigenvalue weighted by molar-refractivity contribution is 7.99. The van der Waals surface area contributed by atoms with Gasteiger partial charge in [-0.05, 0) is 49.4 Å². The van der Waals surface area contributed by atoms with Crippen molar-refractivity contribution in [2.45, 2.75) is 70.3 Å². The van der Waals surface area contributed by atoms with Crippen LogP contribution in [0.2, 0.25) is 5.02 Å². The topological polar surface area (TPSA) is 49.4 Å². The average Bonchev–Trinajstić information content (AvgIpc) is 3.26. The number of amides is 2. The number of hydrogen-bond acceptors (Lipinski definition) is 3. The molecule has 2 amide bonds. The van der Waals surface area contributed by atoms with E-state index in [0.717, 1.165) is 42.4 Å². The summed E-state index contributed by atoms with van der Waals surface area (Å²) in [5.74, 6) is 0.994. The second kappa shape index (κ2) is 12.3. The van der Waals surface area contributed by atoms with Crippen LogP contribution >= 0.6 is 23.4 Å². The zero-order valence-corrected chi connectivity index (χ0v) is 20.6. The second-order valence-electron chi connectivity index (χ2n) is 8.55. The summed E-state index contributed by atoms with van der Waals surface area (Å²) in [5.41, 5.74) is 3.28. The van der Waals surface area contributed by atoms with Gasteiger partial charge in [-0.1, -0.05) is 73.3 Å². The van der Waals surface area contributed by atoms with Gasteiger partial charge in [0, 0.05) is 23.4 Å². The maximum Gasteiger partial charge on any atom is 0.243 e. The molecule has 1 saturated carbocycles. The molecule has 1 aliphatic rings. The first-order chi connectivity index (χ1) is 15.5. The molecule has 2 aromatic rings. The highest BCUT2D eigenvalue weighted by Crippen LogP contribution is 2.21. The van der Waals surface area contributed by atoms with Crippen molar-refractivity contribution in [3.05, 3.63) is 70.2 Å². The second-order valence-corrected chi connectivity index (χ2v) is 9.97. The predicted octanol–water partition coefficient (Wildman–Crippen LogP) is 5.75. The summed E-state index contributed by atoms with van der Waals surface area (Å²) >= 11 is 7.63. The molecule has 1 fully saturated rings. The zero-order chi connectivity index (χ0) is 22.9. The lowest BCUT2D eigenvalue weighted by Crippen LogP contribution is -2.51. The van der Waals surface area contributed by atoms with Gasteiger partial charge in [0.2, 0.25) is 11.8 Å². The monoisotopic (exact) mass is 472 g/mol. The SMILES string of the molecule is CC[C@@H](C(=O)NC1CCCC1)N(Cc1cccc(C)c1)C(=O)CSCc1cccc(Cl)c1. The van der Waals surface area contributed by atoms with Crippen molar-refractivity contribution >= 4 is 35.2 Å². The van der Waals surface area contributed by atoms with Crippen molar-refractivity contribution in [1.29, 1.82) is 0 Å². The predicted molar refractivity (Wildman–Crippen MR) is 134 cm³/mol. The fraction of sp³-hybridized carbons (Fsp3) is 0.462. The molecule has 0 aromatic heterocycles. The Morgan fingerprint density at radius 2 is 1.84 bits per heavy atom. The highest BCUT2D eigenvalue weighted by Gasteiger charge is 2.30. The van der Waals surface area contributed by atoms with Crippen molar-refractivity contribution in [2.75, 3.05) is 5.75 Å². The fourth-order valence-electron chi connectivity index (χ4n) is 4.26. The number of nitrogens with one attached hydrogen (secondary N) is 1.